The molecular formula is C17H26N2O. The second kappa shape index (κ2) is 6.11. The number of carbonyl (C=O) groups excluding carboxylic acids is 1. The molecule has 1 heterocycles. The van der Waals surface area contributed by atoms with Crippen LogP contribution in [0.1, 0.15) is 70.0 Å². The van der Waals surface area contributed by atoms with Gasteiger partial charge in [0.25, 0.3) is 0 Å². The molecule has 1 aromatic rings. The summed E-state index contributed by atoms with van der Waals surface area (Å²) in [6, 6.07) is 2.73. The minimum Gasteiger partial charge on any atom is -0.299 e. The normalized spacial score (nSPS) is 28.1. The van der Waals surface area contributed by atoms with Crippen molar-refractivity contribution in [2.45, 2.75) is 70.8 Å². The Hall–Kier alpha value is -1.12. The Bertz CT molecular complexity index is 459. The Kier molecular flexibility index (Phi) is 4.23. The van der Waals surface area contributed by atoms with Gasteiger partial charge in [0, 0.05) is 25.0 Å². The van der Waals surface area contributed by atoms with E-state index in [1.807, 2.05) is 0 Å². The van der Waals surface area contributed by atoms with Crippen molar-refractivity contribution >= 4 is 5.78 Å². The highest BCUT2D eigenvalue weighted by molar-refractivity contribution is 5.81. The summed E-state index contributed by atoms with van der Waals surface area (Å²) in [7, 11) is 0. The van der Waals surface area contributed by atoms with Crippen LogP contribution in [0.2, 0.25) is 0 Å². The van der Waals surface area contributed by atoms with Gasteiger partial charge in [-0.3, -0.25) is 9.48 Å². The summed E-state index contributed by atoms with van der Waals surface area (Å²) in [6.45, 7) is 2.24. The summed E-state index contributed by atoms with van der Waals surface area (Å²) in [6.07, 6.45) is 12.3. The zero-order valence-electron chi connectivity index (χ0n) is 12.6. The van der Waals surface area contributed by atoms with Gasteiger partial charge in [-0.1, -0.05) is 26.2 Å². The first-order chi connectivity index (χ1) is 9.76. The number of aromatic nitrogens is 2. The standard InChI is InChI=1S/C17H26N2O/c1-2-13-7-8-17(20)14(11-13)12-15-9-10-19(18-15)16-5-3-4-6-16/h9-10,13-14,16H,2-8,11-12H2,1H3. The SMILES string of the molecule is CCC1CCC(=O)C(Cc2ccn(C3CCCC3)n2)C1. The number of carbonyl (C=O) groups is 1. The molecule has 110 valence electrons. The molecule has 0 bridgehead atoms. The van der Waals surface area contributed by atoms with Crippen LogP contribution in [0.5, 0.6) is 0 Å². The monoisotopic (exact) mass is 274 g/mol. The van der Waals surface area contributed by atoms with Crippen LogP contribution in [-0.2, 0) is 11.2 Å². The summed E-state index contributed by atoms with van der Waals surface area (Å²) in [5.74, 6) is 1.43. The number of ketones is 1. The predicted molar refractivity (Wildman–Crippen MR) is 79.6 cm³/mol. The number of hydrogen-bond donors (Lipinski definition) is 0. The van der Waals surface area contributed by atoms with Crippen molar-refractivity contribution in [3.63, 3.8) is 0 Å². The van der Waals surface area contributed by atoms with Crippen molar-refractivity contribution in [2.75, 3.05) is 0 Å². The van der Waals surface area contributed by atoms with E-state index < -0.39 is 0 Å². The number of hydrogen-bond acceptors (Lipinski definition) is 2. The van der Waals surface area contributed by atoms with Crippen molar-refractivity contribution in [2.24, 2.45) is 11.8 Å². The zero-order chi connectivity index (χ0) is 13.9. The molecule has 0 saturated heterocycles. The van der Waals surface area contributed by atoms with E-state index in [4.69, 9.17) is 5.10 Å². The first-order valence-electron chi connectivity index (χ1n) is 8.33. The Morgan fingerprint density at radius 1 is 1.30 bits per heavy atom. The van der Waals surface area contributed by atoms with Crippen LogP contribution in [0.15, 0.2) is 12.3 Å². The molecule has 3 heteroatoms. The van der Waals surface area contributed by atoms with Gasteiger partial charge in [-0.15, -0.1) is 0 Å². The molecule has 0 aliphatic heterocycles. The number of Topliss-reactive ketones (excluding diaryl/α,β-unsaturated/α-hetero) is 1. The largest absolute Gasteiger partial charge is 0.299 e. The van der Waals surface area contributed by atoms with Crippen LogP contribution in [0, 0.1) is 11.8 Å². The van der Waals surface area contributed by atoms with Crippen LogP contribution in [-0.4, -0.2) is 15.6 Å². The summed E-state index contributed by atoms with van der Waals surface area (Å²) >= 11 is 0. The minimum atomic E-state index is 0.223. The molecule has 0 N–H and O–H groups in total. The second-order valence-electron chi connectivity index (χ2n) is 6.64. The predicted octanol–water partition coefficient (Wildman–Crippen LogP) is 3.94. The van der Waals surface area contributed by atoms with E-state index in [0.717, 1.165) is 37.3 Å². The maximum atomic E-state index is 12.1. The van der Waals surface area contributed by atoms with E-state index in [1.165, 1.54) is 32.1 Å². The smallest absolute Gasteiger partial charge is 0.136 e. The molecule has 0 radical (unpaired) electrons. The highest BCUT2D eigenvalue weighted by Crippen LogP contribution is 2.32. The third-order valence-corrected chi connectivity index (χ3v) is 5.27. The van der Waals surface area contributed by atoms with Gasteiger partial charge in [-0.25, -0.2) is 0 Å². The molecule has 2 aliphatic carbocycles. The average Bonchev–Trinajstić information content (AvgIpc) is 3.12. The van der Waals surface area contributed by atoms with Gasteiger partial charge in [0.2, 0.25) is 0 Å². The van der Waals surface area contributed by atoms with E-state index in [2.05, 4.69) is 23.9 Å². The number of nitrogens with zero attached hydrogens (tertiary/aromatic N) is 2. The molecule has 0 amide bonds. The third-order valence-electron chi connectivity index (χ3n) is 5.27. The Labute approximate surface area is 121 Å². The molecule has 20 heavy (non-hydrogen) atoms. The van der Waals surface area contributed by atoms with Crippen LogP contribution in [0.25, 0.3) is 0 Å². The van der Waals surface area contributed by atoms with E-state index in [0.29, 0.717) is 11.8 Å². The molecule has 2 unspecified atom stereocenters. The lowest BCUT2D eigenvalue weighted by atomic mass is 9.77. The third kappa shape index (κ3) is 2.97. The molecule has 3 nitrogen and oxygen atoms in total. The maximum Gasteiger partial charge on any atom is 0.136 e. The fourth-order valence-corrected chi connectivity index (χ4v) is 3.88. The minimum absolute atomic E-state index is 0.223. The second-order valence-corrected chi connectivity index (χ2v) is 6.64. The molecule has 2 fully saturated rings. The van der Waals surface area contributed by atoms with Crippen molar-refractivity contribution in [3.05, 3.63) is 18.0 Å². The van der Waals surface area contributed by atoms with Crippen LogP contribution >= 0.6 is 0 Å². The molecule has 2 atom stereocenters. The molecule has 3 rings (SSSR count). The molecular weight excluding hydrogens is 248 g/mol. The summed E-state index contributed by atoms with van der Waals surface area (Å²) < 4.78 is 2.15. The average molecular weight is 274 g/mol. The highest BCUT2D eigenvalue weighted by Gasteiger charge is 2.28. The Morgan fingerprint density at radius 2 is 2.10 bits per heavy atom. The van der Waals surface area contributed by atoms with Crippen LogP contribution in [0.4, 0.5) is 0 Å². The molecule has 0 aromatic carbocycles. The van der Waals surface area contributed by atoms with Gasteiger partial charge in [-0.05, 0) is 37.7 Å². The first kappa shape index (κ1) is 13.8. The molecule has 2 aliphatic rings. The summed E-state index contributed by atoms with van der Waals surface area (Å²) in [5.41, 5.74) is 1.12. The van der Waals surface area contributed by atoms with E-state index in [9.17, 15) is 4.79 Å². The summed E-state index contributed by atoms with van der Waals surface area (Å²) in [5, 5.41) is 4.74. The van der Waals surface area contributed by atoms with Crippen LogP contribution in [0.3, 0.4) is 0 Å². The molecule has 2 saturated carbocycles. The van der Waals surface area contributed by atoms with Gasteiger partial charge < -0.3 is 0 Å². The van der Waals surface area contributed by atoms with Gasteiger partial charge in [0.1, 0.15) is 5.78 Å². The maximum absolute atomic E-state index is 12.1. The topological polar surface area (TPSA) is 34.9 Å². The molecule has 0 spiro atoms. The van der Waals surface area contributed by atoms with Gasteiger partial charge in [-0.2, -0.15) is 5.10 Å². The quantitative estimate of drug-likeness (QED) is 0.833. The number of rotatable bonds is 4. The van der Waals surface area contributed by atoms with Crippen molar-refractivity contribution in [3.8, 4) is 0 Å². The first-order valence-corrected chi connectivity index (χ1v) is 8.33. The van der Waals surface area contributed by atoms with E-state index in [-0.39, 0.29) is 5.92 Å². The highest BCUT2D eigenvalue weighted by atomic mass is 16.1. The lowest BCUT2D eigenvalue weighted by Crippen LogP contribution is -2.26. The molecule has 1 aromatic heterocycles. The summed E-state index contributed by atoms with van der Waals surface area (Å²) in [4.78, 5) is 12.1. The van der Waals surface area contributed by atoms with E-state index >= 15 is 0 Å². The lowest BCUT2D eigenvalue weighted by Gasteiger charge is -2.26. The fraction of sp³-hybridized carbons (Fsp3) is 0.765. The Morgan fingerprint density at radius 3 is 2.85 bits per heavy atom. The van der Waals surface area contributed by atoms with Crippen molar-refractivity contribution in [1.82, 2.24) is 9.78 Å². The fourth-order valence-electron chi connectivity index (χ4n) is 3.88. The van der Waals surface area contributed by atoms with Gasteiger partial charge >= 0.3 is 0 Å². The van der Waals surface area contributed by atoms with E-state index in [1.54, 1.807) is 0 Å². The Balaban J connectivity index is 1.63. The van der Waals surface area contributed by atoms with Crippen molar-refractivity contribution < 1.29 is 4.79 Å². The van der Waals surface area contributed by atoms with Crippen LogP contribution < -0.4 is 0 Å². The van der Waals surface area contributed by atoms with Crippen molar-refractivity contribution in [1.29, 1.82) is 0 Å². The van der Waals surface area contributed by atoms with Gasteiger partial charge in [0.05, 0.1) is 11.7 Å². The lowest BCUT2D eigenvalue weighted by molar-refractivity contribution is -0.125. The zero-order valence-corrected chi connectivity index (χ0v) is 12.6. The van der Waals surface area contributed by atoms with Gasteiger partial charge in [0.15, 0.2) is 0 Å².